The van der Waals surface area contributed by atoms with Gasteiger partial charge in [-0.25, -0.2) is 4.79 Å². The Hall–Kier alpha value is -3.79. The van der Waals surface area contributed by atoms with E-state index in [4.69, 9.17) is 32.7 Å². The molecule has 4 rings (SSSR count). The first-order valence-corrected chi connectivity index (χ1v) is 14.3. The van der Waals surface area contributed by atoms with Crippen LogP contribution in [0.5, 0.6) is 5.75 Å². The van der Waals surface area contributed by atoms with Crippen LogP contribution >= 0.6 is 35.0 Å². The Labute approximate surface area is 251 Å². The molecule has 1 heterocycles. The lowest BCUT2D eigenvalue weighted by Gasteiger charge is -2.13. The van der Waals surface area contributed by atoms with Crippen molar-refractivity contribution < 1.29 is 28.7 Å². The van der Waals surface area contributed by atoms with Gasteiger partial charge in [0.15, 0.2) is 0 Å². The van der Waals surface area contributed by atoms with Crippen molar-refractivity contribution in [2.45, 2.75) is 26.4 Å². The summed E-state index contributed by atoms with van der Waals surface area (Å²) in [6.45, 7) is 2.00. The first kappa shape index (κ1) is 30.2. The maximum Gasteiger partial charge on any atom is 0.339 e. The van der Waals surface area contributed by atoms with Gasteiger partial charge in [0, 0.05) is 16.3 Å². The number of ether oxygens (including phenoxy) is 2. The first-order valence-electron chi connectivity index (χ1n) is 12.7. The molecule has 8 nitrogen and oxygen atoms in total. The van der Waals surface area contributed by atoms with Crippen molar-refractivity contribution in [2.75, 3.05) is 18.5 Å². The Morgan fingerprint density at radius 3 is 2.59 bits per heavy atom. The van der Waals surface area contributed by atoms with Gasteiger partial charge in [0.1, 0.15) is 18.9 Å². The smallest absolute Gasteiger partial charge is 0.339 e. The molecule has 0 aromatic heterocycles. The number of hydrogen-bond acceptors (Lipinski definition) is 7. The molecule has 0 radical (unpaired) electrons. The van der Waals surface area contributed by atoms with Gasteiger partial charge in [-0.1, -0.05) is 66.9 Å². The lowest BCUT2D eigenvalue weighted by Crippen LogP contribution is -2.36. The summed E-state index contributed by atoms with van der Waals surface area (Å²) >= 11 is 13.1. The number of amides is 3. The third kappa shape index (κ3) is 8.13. The average molecular weight is 614 g/mol. The van der Waals surface area contributed by atoms with Gasteiger partial charge in [-0.2, -0.15) is 0 Å². The van der Waals surface area contributed by atoms with Gasteiger partial charge in [0.25, 0.3) is 11.1 Å². The zero-order valence-corrected chi connectivity index (χ0v) is 24.4. The van der Waals surface area contributed by atoms with Crippen LogP contribution in [0.1, 0.15) is 41.3 Å². The predicted molar refractivity (Wildman–Crippen MR) is 160 cm³/mol. The molecule has 0 saturated carbocycles. The monoisotopic (exact) mass is 612 g/mol. The summed E-state index contributed by atoms with van der Waals surface area (Å²) in [5.74, 6) is -1.24. The van der Waals surface area contributed by atoms with Gasteiger partial charge in [0.05, 0.1) is 22.1 Å². The molecule has 1 saturated heterocycles. The predicted octanol–water partition coefficient (Wildman–Crippen LogP) is 7.20. The van der Waals surface area contributed by atoms with Crippen LogP contribution in [0.25, 0.3) is 6.08 Å². The number of esters is 1. The quantitative estimate of drug-likeness (QED) is 0.139. The Bertz CT molecular complexity index is 1510. The lowest BCUT2D eigenvalue weighted by molar-refractivity contribution is -0.127. The Kier molecular flexibility index (Phi) is 10.5. The fourth-order valence-electron chi connectivity index (χ4n) is 3.75. The zero-order valence-electron chi connectivity index (χ0n) is 22.0. The third-order valence-corrected chi connectivity index (χ3v) is 7.49. The fourth-order valence-corrected chi connectivity index (χ4v) is 4.97. The van der Waals surface area contributed by atoms with E-state index in [0.29, 0.717) is 16.3 Å². The molecule has 41 heavy (non-hydrogen) atoms. The van der Waals surface area contributed by atoms with Crippen molar-refractivity contribution in [3.8, 4) is 5.75 Å². The summed E-state index contributed by atoms with van der Waals surface area (Å²) in [7, 11) is 0. The summed E-state index contributed by atoms with van der Waals surface area (Å²) in [6.07, 6.45) is 3.15. The maximum absolute atomic E-state index is 13.0. The van der Waals surface area contributed by atoms with Gasteiger partial charge < -0.3 is 14.8 Å². The summed E-state index contributed by atoms with van der Waals surface area (Å²) in [5, 5.41) is 2.81. The van der Waals surface area contributed by atoms with E-state index < -0.39 is 29.6 Å². The molecule has 0 atom stereocenters. The highest BCUT2D eigenvalue weighted by Gasteiger charge is 2.36. The zero-order chi connectivity index (χ0) is 29.4. The van der Waals surface area contributed by atoms with Crippen LogP contribution in [0.2, 0.25) is 10.0 Å². The van der Waals surface area contributed by atoms with Crippen LogP contribution in [0.3, 0.4) is 0 Å². The maximum atomic E-state index is 13.0. The molecule has 0 aliphatic carbocycles. The van der Waals surface area contributed by atoms with Crippen LogP contribution in [0, 0.1) is 0 Å². The van der Waals surface area contributed by atoms with Gasteiger partial charge in [-0.3, -0.25) is 19.3 Å². The highest BCUT2D eigenvalue weighted by atomic mass is 35.5. The molecular weight excluding hydrogens is 587 g/mol. The second-order valence-electron chi connectivity index (χ2n) is 8.95. The molecule has 1 fully saturated rings. The number of hydrogen-bond donors (Lipinski definition) is 1. The van der Waals surface area contributed by atoms with Crippen LogP contribution in [0.4, 0.5) is 10.5 Å². The molecule has 3 aromatic carbocycles. The van der Waals surface area contributed by atoms with E-state index in [1.165, 1.54) is 18.2 Å². The number of benzene rings is 3. The number of unbranched alkanes of at least 4 members (excludes halogenated alkanes) is 1. The number of imide groups is 1. The molecule has 1 aliphatic rings. The number of carbonyl (C=O) groups excluding carboxylic acids is 4. The van der Waals surface area contributed by atoms with E-state index in [1.807, 2.05) is 25.1 Å². The van der Waals surface area contributed by atoms with E-state index >= 15 is 0 Å². The van der Waals surface area contributed by atoms with E-state index in [2.05, 4.69) is 5.32 Å². The molecule has 11 heteroatoms. The molecule has 0 unspecified atom stereocenters. The topological polar surface area (TPSA) is 102 Å². The van der Waals surface area contributed by atoms with E-state index in [1.54, 1.807) is 36.4 Å². The minimum Gasteiger partial charge on any atom is -0.489 e. The van der Waals surface area contributed by atoms with E-state index in [-0.39, 0.29) is 34.4 Å². The number of carbonyl (C=O) groups is 4. The van der Waals surface area contributed by atoms with Crippen molar-refractivity contribution in [1.29, 1.82) is 0 Å². The van der Waals surface area contributed by atoms with Gasteiger partial charge in [-0.15, -0.1) is 0 Å². The standard InChI is InChI=1S/C30H26Cl2N2O6S/c1-2-3-13-39-29(37)23-16-21(11-12-25(23)32)33-27(35)17-34-28(36)26(41-30(34)38)15-19-7-6-9-22(14-19)40-18-20-8-4-5-10-24(20)31/h4-12,14-16H,2-3,13,17-18H2,1H3,(H,33,35)/b26-15+. The molecule has 0 bridgehead atoms. The van der Waals surface area contributed by atoms with Crippen molar-refractivity contribution in [3.63, 3.8) is 0 Å². The summed E-state index contributed by atoms with van der Waals surface area (Å²) in [5.41, 5.74) is 1.86. The second kappa shape index (κ2) is 14.2. The molecule has 3 amide bonds. The average Bonchev–Trinajstić information content (AvgIpc) is 3.21. The van der Waals surface area contributed by atoms with Gasteiger partial charge in [-0.05, 0) is 66.2 Å². The summed E-state index contributed by atoms with van der Waals surface area (Å²) in [6, 6.07) is 18.8. The Morgan fingerprint density at radius 1 is 1.00 bits per heavy atom. The SMILES string of the molecule is CCCCOC(=O)c1cc(NC(=O)CN2C(=O)S/C(=C/c3cccc(OCc4ccccc4Cl)c3)C2=O)ccc1Cl. The summed E-state index contributed by atoms with van der Waals surface area (Å²) in [4.78, 5) is 51.6. The molecule has 1 aliphatic heterocycles. The van der Waals surface area contributed by atoms with Gasteiger partial charge >= 0.3 is 5.97 Å². The number of thioether (sulfide) groups is 1. The number of nitrogens with one attached hydrogen (secondary N) is 1. The highest BCUT2D eigenvalue weighted by Crippen LogP contribution is 2.33. The lowest BCUT2D eigenvalue weighted by atomic mass is 10.2. The number of anilines is 1. The normalized spacial score (nSPS) is 13.9. The van der Waals surface area contributed by atoms with Crippen molar-refractivity contribution in [1.82, 2.24) is 4.90 Å². The Balaban J connectivity index is 1.38. The largest absolute Gasteiger partial charge is 0.489 e. The van der Waals surface area contributed by atoms with Gasteiger partial charge in [0.2, 0.25) is 5.91 Å². The van der Waals surface area contributed by atoms with Crippen molar-refractivity contribution in [3.05, 3.63) is 98.4 Å². The minimum atomic E-state index is -0.615. The van der Waals surface area contributed by atoms with Crippen LogP contribution in [-0.4, -0.2) is 41.1 Å². The molecule has 3 aromatic rings. The Morgan fingerprint density at radius 2 is 1.80 bits per heavy atom. The third-order valence-electron chi connectivity index (χ3n) is 5.88. The molecular formula is C30H26Cl2N2O6S. The number of rotatable bonds is 11. The number of halogens is 2. The highest BCUT2D eigenvalue weighted by molar-refractivity contribution is 8.18. The fraction of sp³-hybridized carbons (Fsp3) is 0.200. The minimum absolute atomic E-state index is 0.104. The van der Waals surface area contributed by atoms with E-state index in [0.717, 1.165) is 35.1 Å². The molecule has 1 N–H and O–H groups in total. The van der Waals surface area contributed by atoms with Crippen molar-refractivity contribution >= 4 is 69.8 Å². The van der Waals surface area contributed by atoms with Crippen LogP contribution < -0.4 is 10.1 Å². The van der Waals surface area contributed by atoms with Crippen LogP contribution in [0.15, 0.2) is 71.6 Å². The summed E-state index contributed by atoms with van der Waals surface area (Å²) < 4.78 is 11.0. The molecule has 212 valence electrons. The number of nitrogens with zero attached hydrogens (tertiary/aromatic N) is 1. The second-order valence-corrected chi connectivity index (χ2v) is 10.8. The van der Waals surface area contributed by atoms with Crippen LogP contribution in [-0.2, 0) is 20.9 Å². The van der Waals surface area contributed by atoms with Crippen molar-refractivity contribution in [2.24, 2.45) is 0 Å². The molecule has 0 spiro atoms. The first-order chi connectivity index (χ1) is 19.7. The van der Waals surface area contributed by atoms with E-state index in [9.17, 15) is 19.2 Å².